The maximum absolute atomic E-state index is 10.3. The molecule has 2 heteroatoms. The molecule has 0 saturated carbocycles. The van der Waals surface area contributed by atoms with Crippen LogP contribution in [-0.2, 0) is 15.9 Å². The van der Waals surface area contributed by atoms with E-state index < -0.39 is 0 Å². The summed E-state index contributed by atoms with van der Waals surface area (Å²) in [6, 6.07) is 0. The van der Waals surface area contributed by atoms with Crippen LogP contribution in [-0.4, -0.2) is 4.75 Å². The Kier molecular flexibility index (Phi) is 3.13. The topological polar surface area (TPSA) is 17.1 Å². The molecule has 8 heavy (non-hydrogen) atoms. The first-order chi connectivity index (χ1) is 3.68. The normalized spacial score (nSPS) is 11.4. The van der Waals surface area contributed by atoms with Gasteiger partial charge in [0.2, 0.25) is 4.75 Å². The molecule has 1 unspecified atom stereocenters. The highest BCUT2D eigenvalue weighted by Crippen LogP contribution is 2.15. The Morgan fingerprint density at radius 3 is 2.25 bits per heavy atom. The molecular weight excluding hydrogens is 120 g/mol. The third-order valence-corrected chi connectivity index (χ3v) is 2.37. The van der Waals surface area contributed by atoms with Crippen molar-refractivity contribution in [1.29, 1.82) is 0 Å². The van der Waals surface area contributed by atoms with Crippen molar-refractivity contribution in [1.82, 2.24) is 0 Å². The van der Waals surface area contributed by atoms with E-state index >= 15 is 0 Å². The average Bonchev–Trinajstić information content (AvgIpc) is 1.87. The SMILES string of the molecule is [CH2]CC(C)(CC)[S+]=O. The lowest BCUT2D eigenvalue weighted by atomic mass is 10.1. The van der Waals surface area contributed by atoms with Crippen LogP contribution < -0.4 is 0 Å². The van der Waals surface area contributed by atoms with Crippen LogP contribution in [0.3, 0.4) is 0 Å². The molecule has 0 amide bonds. The summed E-state index contributed by atoms with van der Waals surface area (Å²) >= 11 is 0.660. The Morgan fingerprint density at radius 1 is 1.75 bits per heavy atom. The van der Waals surface area contributed by atoms with E-state index in [1.165, 1.54) is 0 Å². The van der Waals surface area contributed by atoms with Gasteiger partial charge in [-0.25, -0.2) is 0 Å². The molecule has 1 radical (unpaired) electrons. The molecule has 0 N–H and O–H groups in total. The molecule has 47 valence electrons. The van der Waals surface area contributed by atoms with Crippen molar-refractivity contribution < 1.29 is 4.21 Å². The van der Waals surface area contributed by atoms with Gasteiger partial charge in [0, 0.05) is 24.0 Å². The smallest absolute Gasteiger partial charge is 0.0595 e. The maximum Gasteiger partial charge on any atom is 0.465 e. The lowest BCUT2D eigenvalue weighted by Crippen LogP contribution is -2.19. The van der Waals surface area contributed by atoms with Crippen LogP contribution in [0.1, 0.15) is 26.7 Å². The fourth-order valence-corrected chi connectivity index (χ4v) is 0.479. The van der Waals surface area contributed by atoms with E-state index in [1.807, 2.05) is 13.8 Å². The Morgan fingerprint density at radius 2 is 2.25 bits per heavy atom. The van der Waals surface area contributed by atoms with Gasteiger partial charge in [-0.1, -0.05) is 6.92 Å². The second kappa shape index (κ2) is 3.13. The van der Waals surface area contributed by atoms with Crippen LogP contribution in [0.4, 0.5) is 0 Å². The number of hydrogen-bond donors (Lipinski definition) is 0. The molecule has 0 aliphatic heterocycles. The van der Waals surface area contributed by atoms with Crippen LogP contribution in [0, 0.1) is 6.92 Å². The van der Waals surface area contributed by atoms with Gasteiger partial charge >= 0.3 is 11.7 Å². The van der Waals surface area contributed by atoms with E-state index in [4.69, 9.17) is 0 Å². The van der Waals surface area contributed by atoms with E-state index in [-0.39, 0.29) is 4.75 Å². The highest BCUT2D eigenvalue weighted by Gasteiger charge is 2.33. The van der Waals surface area contributed by atoms with E-state index in [0.29, 0.717) is 11.7 Å². The third-order valence-electron chi connectivity index (χ3n) is 1.48. The first kappa shape index (κ1) is 8.02. The minimum Gasteiger partial charge on any atom is -0.0595 e. The molecule has 0 aromatic carbocycles. The summed E-state index contributed by atoms with van der Waals surface area (Å²) in [5, 5.41) is 0. The van der Waals surface area contributed by atoms with Gasteiger partial charge in [-0.15, -0.1) is 0 Å². The molecule has 0 aromatic heterocycles. The molecular formula is C6H12OS+. The largest absolute Gasteiger partial charge is 0.465 e. The second-order valence-electron chi connectivity index (χ2n) is 2.14. The molecule has 1 atom stereocenters. The minimum atomic E-state index is -0.125. The number of hydrogen-bond acceptors (Lipinski definition) is 1. The summed E-state index contributed by atoms with van der Waals surface area (Å²) in [5.74, 6) is 0. The van der Waals surface area contributed by atoms with Gasteiger partial charge in [0.15, 0.2) is 0 Å². The van der Waals surface area contributed by atoms with E-state index in [2.05, 4.69) is 6.92 Å². The predicted molar refractivity (Wildman–Crippen MR) is 36.7 cm³/mol. The second-order valence-corrected chi connectivity index (χ2v) is 3.29. The summed E-state index contributed by atoms with van der Waals surface area (Å²) in [6.45, 7) is 7.63. The van der Waals surface area contributed by atoms with Crippen molar-refractivity contribution >= 4 is 11.7 Å². The van der Waals surface area contributed by atoms with Gasteiger partial charge in [-0.2, -0.15) is 0 Å². The van der Waals surface area contributed by atoms with Crippen molar-refractivity contribution in [2.24, 2.45) is 0 Å². The first-order valence-electron chi connectivity index (χ1n) is 2.79. The van der Waals surface area contributed by atoms with E-state index in [9.17, 15) is 4.21 Å². The molecule has 0 bridgehead atoms. The maximum atomic E-state index is 10.3. The zero-order valence-electron chi connectivity index (χ0n) is 5.44. The summed E-state index contributed by atoms with van der Waals surface area (Å²) in [5.41, 5.74) is 0. The lowest BCUT2D eigenvalue weighted by molar-refractivity contribution is 0.555. The molecule has 0 saturated heterocycles. The standard InChI is InChI=1S/C6H12OS/c1-4-6(3,5-2)8-7/h1,4-5H2,2-3H3/q+1. The molecule has 0 rings (SSSR count). The molecule has 0 fully saturated rings. The monoisotopic (exact) mass is 132 g/mol. The Hall–Kier alpha value is 0.0200. The third kappa shape index (κ3) is 1.86. The molecule has 0 aliphatic rings. The predicted octanol–water partition coefficient (Wildman–Crippen LogP) is 1.81. The number of rotatable bonds is 3. The highest BCUT2D eigenvalue weighted by atomic mass is 32.1. The molecule has 1 nitrogen and oxygen atoms in total. The van der Waals surface area contributed by atoms with Gasteiger partial charge in [0.05, 0.1) is 0 Å². The lowest BCUT2D eigenvalue weighted by Gasteiger charge is -2.02. The Balaban J connectivity index is 3.76. The zero-order chi connectivity index (χ0) is 6.62. The fraction of sp³-hybridized carbons (Fsp3) is 0.833. The van der Waals surface area contributed by atoms with Crippen LogP contribution in [0.25, 0.3) is 0 Å². The van der Waals surface area contributed by atoms with Gasteiger partial charge in [0.1, 0.15) is 0 Å². The average molecular weight is 132 g/mol. The van der Waals surface area contributed by atoms with Crippen molar-refractivity contribution in [2.75, 3.05) is 0 Å². The highest BCUT2D eigenvalue weighted by molar-refractivity contribution is 7.67. The van der Waals surface area contributed by atoms with Crippen molar-refractivity contribution in [3.63, 3.8) is 0 Å². The van der Waals surface area contributed by atoms with E-state index in [1.54, 1.807) is 0 Å². The van der Waals surface area contributed by atoms with Gasteiger partial charge in [-0.3, -0.25) is 0 Å². The van der Waals surface area contributed by atoms with Gasteiger partial charge < -0.3 is 0 Å². The van der Waals surface area contributed by atoms with Crippen molar-refractivity contribution in [2.45, 2.75) is 31.4 Å². The van der Waals surface area contributed by atoms with Crippen LogP contribution in [0.15, 0.2) is 0 Å². The molecule has 0 heterocycles. The first-order valence-corrected chi connectivity index (χ1v) is 3.53. The fourth-order valence-electron chi connectivity index (χ4n) is 0.277. The zero-order valence-corrected chi connectivity index (χ0v) is 6.25. The van der Waals surface area contributed by atoms with Crippen LogP contribution >= 0.6 is 0 Å². The Bertz CT molecular complexity index is 76.6. The van der Waals surface area contributed by atoms with Crippen LogP contribution in [0.2, 0.25) is 0 Å². The van der Waals surface area contributed by atoms with Gasteiger partial charge in [0.25, 0.3) is 0 Å². The van der Waals surface area contributed by atoms with Crippen LogP contribution in [0.5, 0.6) is 0 Å². The summed E-state index contributed by atoms with van der Waals surface area (Å²) < 4.78 is 10.2. The summed E-state index contributed by atoms with van der Waals surface area (Å²) in [4.78, 5) is 0. The van der Waals surface area contributed by atoms with Gasteiger partial charge in [-0.05, 0) is 6.92 Å². The van der Waals surface area contributed by atoms with Crippen molar-refractivity contribution in [3.8, 4) is 0 Å². The van der Waals surface area contributed by atoms with Crippen molar-refractivity contribution in [3.05, 3.63) is 6.92 Å². The summed E-state index contributed by atoms with van der Waals surface area (Å²) in [7, 11) is 0. The molecule has 0 spiro atoms. The van der Waals surface area contributed by atoms with E-state index in [0.717, 1.165) is 12.8 Å². The Labute approximate surface area is 55.0 Å². The molecule has 0 aliphatic carbocycles. The quantitative estimate of drug-likeness (QED) is 0.535. The summed E-state index contributed by atoms with van der Waals surface area (Å²) in [6.07, 6.45) is 1.63. The minimum absolute atomic E-state index is 0.125. The molecule has 0 aromatic rings.